The molecule has 0 nitrogen and oxygen atoms in total. The predicted octanol–water partition coefficient (Wildman–Crippen LogP) is 0.700. The van der Waals surface area contributed by atoms with E-state index in [9.17, 15) is 0 Å². The summed E-state index contributed by atoms with van der Waals surface area (Å²) >= 11 is 11.8. The van der Waals surface area contributed by atoms with Crippen LogP contribution >= 0.6 is 23.2 Å². The second kappa shape index (κ2) is 7.09. The van der Waals surface area contributed by atoms with Gasteiger partial charge in [0, 0.05) is 0 Å². The number of hydrogen-bond donors (Lipinski definition) is 0. The van der Waals surface area contributed by atoms with E-state index in [1.165, 1.54) is 22.3 Å². The summed E-state index contributed by atoms with van der Waals surface area (Å²) in [4.78, 5) is 0. The zero-order chi connectivity index (χ0) is 16.6. The van der Waals surface area contributed by atoms with E-state index in [0.29, 0.717) is 7.25 Å². The molecule has 0 bridgehead atoms. The van der Waals surface area contributed by atoms with Gasteiger partial charge in [-0.25, -0.2) is 0 Å². The fraction of sp³-hybridized carbons (Fsp3) is 0.238. The first-order valence-electron chi connectivity index (χ1n) is 8.24. The molecule has 2 aromatic carbocycles. The first kappa shape index (κ1) is 20.7. The van der Waals surface area contributed by atoms with Crippen molar-refractivity contribution in [2.24, 2.45) is 5.41 Å². The van der Waals surface area contributed by atoms with Crippen LogP contribution in [0.25, 0.3) is 12.2 Å². The third kappa shape index (κ3) is 2.90. The molecule has 26 heavy (non-hydrogen) atoms. The summed E-state index contributed by atoms with van der Waals surface area (Å²) in [6, 6.07) is 12.9. The van der Waals surface area contributed by atoms with Crippen molar-refractivity contribution < 1.29 is 48.0 Å². The summed E-state index contributed by atoms with van der Waals surface area (Å²) in [6.07, 6.45) is 4.83. The average molecular weight is 501 g/mol. The van der Waals surface area contributed by atoms with Gasteiger partial charge in [-0.3, -0.25) is 0 Å². The van der Waals surface area contributed by atoms with Gasteiger partial charge in [0.25, 0.3) is 0 Å². The molecule has 1 aliphatic heterocycles. The van der Waals surface area contributed by atoms with E-state index in [0.717, 1.165) is 10.0 Å². The van der Waals surface area contributed by atoms with E-state index in [-0.39, 0.29) is 30.2 Å². The summed E-state index contributed by atoms with van der Waals surface area (Å²) in [5.74, 6) is 0. The summed E-state index contributed by atoms with van der Waals surface area (Å²) in [7, 11) is 0. The minimum absolute atomic E-state index is 0. The maximum Gasteiger partial charge on any atom is -1.00 e. The van der Waals surface area contributed by atoms with Crippen molar-refractivity contribution in [1.29, 1.82) is 0 Å². The zero-order valence-corrected chi connectivity index (χ0v) is 19.8. The Hall–Kier alpha value is -0.0369. The molecular weight excluding hydrogens is 485 g/mol. The molecule has 0 saturated carbocycles. The first-order chi connectivity index (χ1) is 11.4. The second-order valence-corrected chi connectivity index (χ2v) is 11.9. The fourth-order valence-corrected chi connectivity index (χ4v) is 10.9. The largest absolute Gasteiger partial charge is 1.00 e. The van der Waals surface area contributed by atoms with Crippen LogP contribution in [0.3, 0.4) is 0 Å². The summed E-state index contributed by atoms with van der Waals surface area (Å²) < 4.78 is 1.33. The fourth-order valence-electron chi connectivity index (χ4n) is 4.48. The van der Waals surface area contributed by atoms with Gasteiger partial charge in [0.05, 0.1) is 0 Å². The van der Waals surface area contributed by atoms with Crippen LogP contribution in [0.4, 0.5) is 0 Å². The van der Waals surface area contributed by atoms with Crippen LogP contribution in [-0.2, 0) is 23.2 Å². The van der Waals surface area contributed by atoms with Gasteiger partial charge >= 0.3 is 165 Å². The normalized spacial score (nSPS) is 22.8. The maximum atomic E-state index is 6.23. The van der Waals surface area contributed by atoms with E-state index in [1.54, 1.807) is 11.1 Å². The molecular formula is C21H16Cl4Zr. The van der Waals surface area contributed by atoms with Gasteiger partial charge in [0.15, 0.2) is 0 Å². The predicted molar refractivity (Wildman–Crippen MR) is 98.1 cm³/mol. The van der Waals surface area contributed by atoms with Crippen molar-refractivity contribution >= 4 is 35.4 Å². The Morgan fingerprint density at radius 3 is 1.62 bits per heavy atom. The Kier molecular flexibility index (Phi) is 5.64. The molecule has 2 aliphatic carbocycles. The van der Waals surface area contributed by atoms with E-state index in [2.05, 4.69) is 62.4 Å². The van der Waals surface area contributed by atoms with Crippen molar-refractivity contribution in [1.82, 2.24) is 0 Å². The smallest absolute Gasteiger partial charge is 1.00 e. The van der Waals surface area contributed by atoms with Crippen molar-refractivity contribution in [3.05, 3.63) is 79.8 Å². The molecule has 1 fully saturated rings. The van der Waals surface area contributed by atoms with Crippen LogP contribution in [0.2, 0.25) is 10.0 Å². The number of allylic oxidation sites excluding steroid dienone is 2. The van der Waals surface area contributed by atoms with Crippen molar-refractivity contribution in [2.45, 2.75) is 21.1 Å². The van der Waals surface area contributed by atoms with Crippen LogP contribution in [0.15, 0.2) is 47.5 Å². The molecule has 0 spiro atoms. The Bertz CT molecular complexity index is 883. The molecule has 1 heterocycles. The SMILES string of the molecule is CC1(C)C2=Cc3cc(Cl)ccc3[CH]2[Zr+2][CH]2C1=Cc1cc(Cl)ccc12.[Cl-].[Cl-]. The number of halogens is 4. The third-order valence-electron chi connectivity index (χ3n) is 5.74. The quantitative estimate of drug-likeness (QED) is 0.499. The van der Waals surface area contributed by atoms with Crippen LogP contribution in [-0.4, -0.2) is 0 Å². The molecule has 0 amide bonds. The molecule has 2 atom stereocenters. The molecule has 5 heteroatoms. The van der Waals surface area contributed by atoms with Gasteiger partial charge < -0.3 is 24.8 Å². The zero-order valence-electron chi connectivity index (χ0n) is 14.3. The molecule has 0 radical (unpaired) electrons. The number of fused-ring (bicyclic) bond motifs is 6. The summed E-state index contributed by atoms with van der Waals surface area (Å²) in [6.45, 7) is 4.79. The Morgan fingerprint density at radius 1 is 0.769 bits per heavy atom. The number of rotatable bonds is 0. The molecule has 2 unspecified atom stereocenters. The average Bonchev–Trinajstić information content (AvgIpc) is 3.06. The topological polar surface area (TPSA) is 0 Å². The summed E-state index contributed by atoms with van der Waals surface area (Å²) in [5, 5.41) is 1.68. The maximum absolute atomic E-state index is 6.23. The van der Waals surface area contributed by atoms with E-state index < -0.39 is 23.2 Å². The van der Waals surface area contributed by atoms with E-state index in [4.69, 9.17) is 23.2 Å². The van der Waals surface area contributed by atoms with Gasteiger partial charge in [-0.2, -0.15) is 0 Å². The first-order valence-corrected chi connectivity index (χ1v) is 11.8. The molecule has 3 aliphatic rings. The summed E-state index contributed by atoms with van der Waals surface area (Å²) in [5.41, 5.74) is 9.01. The number of hydrogen-bond acceptors (Lipinski definition) is 0. The van der Waals surface area contributed by atoms with E-state index >= 15 is 0 Å². The van der Waals surface area contributed by atoms with Crippen LogP contribution < -0.4 is 24.8 Å². The number of benzene rings is 2. The Labute approximate surface area is 188 Å². The Balaban J connectivity index is 0.000000980. The van der Waals surface area contributed by atoms with Gasteiger partial charge in [-0.1, -0.05) is 0 Å². The molecule has 1 saturated heterocycles. The Morgan fingerprint density at radius 2 is 1.19 bits per heavy atom. The minimum atomic E-state index is -0.705. The van der Waals surface area contributed by atoms with Crippen LogP contribution in [0.1, 0.15) is 43.4 Å². The van der Waals surface area contributed by atoms with Gasteiger partial charge in [0.1, 0.15) is 0 Å². The molecule has 0 N–H and O–H groups in total. The van der Waals surface area contributed by atoms with Crippen LogP contribution in [0.5, 0.6) is 0 Å². The molecule has 2 aromatic rings. The molecule has 5 rings (SSSR count). The standard InChI is InChI=1S/C21H16Cl2.2ClH.Zr/c1-21(2,17-7-13-3-5-19(22)11-15(13)9-17)18-8-14-4-6-20(23)12-16(14)10-18;;;/h3-12H,1-2H3;2*1H;/q;;;+2/p-2. The minimum Gasteiger partial charge on any atom is -1.00 e. The molecule has 0 aromatic heterocycles. The van der Waals surface area contributed by atoms with E-state index in [1.807, 2.05) is 0 Å². The van der Waals surface area contributed by atoms with Gasteiger partial charge in [0.2, 0.25) is 0 Å². The van der Waals surface area contributed by atoms with Crippen LogP contribution in [0, 0.1) is 5.41 Å². The molecule has 132 valence electrons. The van der Waals surface area contributed by atoms with Crippen molar-refractivity contribution in [2.75, 3.05) is 0 Å². The monoisotopic (exact) mass is 498 g/mol. The van der Waals surface area contributed by atoms with Crippen molar-refractivity contribution in [3.63, 3.8) is 0 Å². The van der Waals surface area contributed by atoms with Gasteiger partial charge in [-0.05, 0) is 0 Å². The van der Waals surface area contributed by atoms with Crippen molar-refractivity contribution in [3.8, 4) is 0 Å². The second-order valence-electron chi connectivity index (χ2n) is 7.40. The van der Waals surface area contributed by atoms with Gasteiger partial charge in [-0.15, -0.1) is 0 Å². The third-order valence-corrected chi connectivity index (χ3v) is 10.9.